The number of carbonyl (C=O) groups excluding carboxylic acids is 1. The maximum Gasteiger partial charge on any atom is 0.142 e. The van der Waals surface area contributed by atoms with E-state index in [1.54, 1.807) is 0 Å². The number of ketones is 1. The zero-order valence-corrected chi connectivity index (χ0v) is 12.6. The SMILES string of the molecule is CCn1nc(CC(=O)C2CCCC(N)C2)c2ccccc21. The molecular weight excluding hydrogens is 262 g/mol. The maximum atomic E-state index is 12.5. The molecule has 2 unspecified atom stereocenters. The number of nitrogens with two attached hydrogens (primary N) is 1. The molecule has 1 aromatic carbocycles. The predicted octanol–water partition coefficient (Wildman–Crippen LogP) is 2.69. The fourth-order valence-electron chi connectivity index (χ4n) is 3.40. The average Bonchev–Trinajstić information content (AvgIpc) is 2.85. The van der Waals surface area contributed by atoms with Gasteiger partial charge in [0.15, 0.2) is 0 Å². The smallest absolute Gasteiger partial charge is 0.142 e. The van der Waals surface area contributed by atoms with Crippen molar-refractivity contribution in [3.8, 4) is 0 Å². The van der Waals surface area contributed by atoms with Gasteiger partial charge in [-0.05, 0) is 32.3 Å². The second kappa shape index (κ2) is 5.98. The summed E-state index contributed by atoms with van der Waals surface area (Å²) < 4.78 is 1.98. The molecule has 2 aromatic rings. The van der Waals surface area contributed by atoms with E-state index in [1.165, 1.54) is 0 Å². The highest BCUT2D eigenvalue weighted by Crippen LogP contribution is 2.26. The third-order valence-corrected chi connectivity index (χ3v) is 4.55. The number of nitrogens with zero attached hydrogens (tertiary/aromatic N) is 2. The standard InChI is InChI=1S/C17H23N3O/c1-2-20-16-9-4-3-8-14(16)15(19-20)11-17(21)12-6-5-7-13(18)10-12/h3-4,8-9,12-13H,2,5-7,10-11,18H2,1H3. The lowest BCUT2D eigenvalue weighted by Gasteiger charge is -2.25. The van der Waals surface area contributed by atoms with Crippen molar-refractivity contribution in [3.63, 3.8) is 0 Å². The van der Waals surface area contributed by atoms with Gasteiger partial charge in [0.1, 0.15) is 5.78 Å². The molecule has 0 bridgehead atoms. The highest BCUT2D eigenvalue weighted by molar-refractivity contribution is 5.89. The lowest BCUT2D eigenvalue weighted by Crippen LogP contribution is -2.32. The van der Waals surface area contributed by atoms with Crippen LogP contribution in [0.1, 0.15) is 38.3 Å². The van der Waals surface area contributed by atoms with E-state index >= 15 is 0 Å². The van der Waals surface area contributed by atoms with E-state index in [0.717, 1.165) is 48.8 Å². The number of aryl methyl sites for hydroxylation is 1. The van der Waals surface area contributed by atoms with Gasteiger partial charge in [0.05, 0.1) is 17.6 Å². The number of benzene rings is 1. The lowest BCUT2D eigenvalue weighted by atomic mass is 9.82. The number of hydrogen-bond acceptors (Lipinski definition) is 3. The first-order valence-electron chi connectivity index (χ1n) is 7.91. The topological polar surface area (TPSA) is 60.9 Å². The lowest BCUT2D eigenvalue weighted by molar-refractivity contribution is -0.123. The van der Waals surface area contributed by atoms with Crippen molar-refractivity contribution in [2.75, 3.05) is 0 Å². The highest BCUT2D eigenvalue weighted by Gasteiger charge is 2.26. The molecule has 21 heavy (non-hydrogen) atoms. The monoisotopic (exact) mass is 285 g/mol. The summed E-state index contributed by atoms with van der Waals surface area (Å²) in [6.07, 6.45) is 4.38. The predicted molar refractivity (Wildman–Crippen MR) is 84.1 cm³/mol. The third-order valence-electron chi connectivity index (χ3n) is 4.55. The fourth-order valence-corrected chi connectivity index (χ4v) is 3.40. The van der Waals surface area contributed by atoms with Crippen LogP contribution in [0.5, 0.6) is 0 Å². The van der Waals surface area contributed by atoms with Crippen LogP contribution in [0.4, 0.5) is 0 Å². The molecule has 0 amide bonds. The molecular formula is C17H23N3O. The van der Waals surface area contributed by atoms with Crippen LogP contribution in [0.15, 0.2) is 24.3 Å². The van der Waals surface area contributed by atoms with Gasteiger partial charge in [-0.1, -0.05) is 24.6 Å². The Morgan fingerprint density at radius 2 is 2.19 bits per heavy atom. The summed E-state index contributed by atoms with van der Waals surface area (Å²) in [6, 6.07) is 8.34. The first-order chi connectivity index (χ1) is 10.2. The van der Waals surface area contributed by atoms with Crippen LogP contribution in [-0.4, -0.2) is 21.6 Å². The van der Waals surface area contributed by atoms with Crippen LogP contribution in [0.3, 0.4) is 0 Å². The summed E-state index contributed by atoms with van der Waals surface area (Å²) in [5.41, 5.74) is 8.03. The van der Waals surface area contributed by atoms with Crippen molar-refractivity contribution in [3.05, 3.63) is 30.0 Å². The highest BCUT2D eigenvalue weighted by atomic mass is 16.1. The number of hydrogen-bond donors (Lipinski definition) is 1. The number of carbonyl (C=O) groups is 1. The zero-order valence-electron chi connectivity index (χ0n) is 12.6. The Labute approximate surface area is 125 Å². The van der Waals surface area contributed by atoms with Crippen molar-refractivity contribution < 1.29 is 4.79 Å². The van der Waals surface area contributed by atoms with Gasteiger partial charge >= 0.3 is 0 Å². The molecule has 0 radical (unpaired) electrons. The summed E-state index contributed by atoms with van der Waals surface area (Å²) in [7, 11) is 0. The third kappa shape index (κ3) is 2.86. The molecule has 4 nitrogen and oxygen atoms in total. The molecule has 112 valence electrons. The molecule has 3 rings (SSSR count). The first kappa shape index (κ1) is 14.3. The molecule has 1 aliphatic carbocycles. The second-order valence-electron chi connectivity index (χ2n) is 6.05. The Kier molecular flexibility index (Phi) is 4.06. The van der Waals surface area contributed by atoms with Crippen LogP contribution in [0, 0.1) is 5.92 Å². The summed E-state index contributed by atoms with van der Waals surface area (Å²) in [5.74, 6) is 0.427. The molecule has 1 heterocycles. The van der Waals surface area contributed by atoms with E-state index in [-0.39, 0.29) is 12.0 Å². The molecule has 0 spiro atoms. The van der Waals surface area contributed by atoms with E-state index in [1.807, 2.05) is 16.8 Å². The minimum atomic E-state index is 0.124. The molecule has 1 aliphatic rings. The average molecular weight is 285 g/mol. The zero-order chi connectivity index (χ0) is 14.8. The Hall–Kier alpha value is -1.68. The summed E-state index contributed by atoms with van der Waals surface area (Å²) in [6.45, 7) is 2.90. The second-order valence-corrected chi connectivity index (χ2v) is 6.05. The molecule has 1 aromatic heterocycles. The number of aromatic nitrogens is 2. The molecule has 4 heteroatoms. The van der Waals surface area contributed by atoms with Crippen molar-refractivity contribution in [1.82, 2.24) is 9.78 Å². The molecule has 1 fully saturated rings. The van der Waals surface area contributed by atoms with Crippen LogP contribution in [0.2, 0.25) is 0 Å². The first-order valence-corrected chi connectivity index (χ1v) is 7.91. The Bertz CT molecular complexity index is 647. The van der Waals surface area contributed by atoms with E-state index in [2.05, 4.69) is 24.2 Å². The van der Waals surface area contributed by atoms with Gasteiger partial charge in [0.25, 0.3) is 0 Å². The number of Topliss-reactive ketones (excluding diaryl/α,β-unsaturated/α-hetero) is 1. The van der Waals surface area contributed by atoms with Gasteiger partial charge in [0.2, 0.25) is 0 Å². The Morgan fingerprint density at radius 3 is 2.95 bits per heavy atom. The van der Waals surface area contributed by atoms with Crippen molar-refractivity contribution in [1.29, 1.82) is 0 Å². The minimum Gasteiger partial charge on any atom is -0.328 e. The fraction of sp³-hybridized carbons (Fsp3) is 0.529. The van der Waals surface area contributed by atoms with E-state index in [4.69, 9.17) is 5.73 Å². The maximum absolute atomic E-state index is 12.5. The van der Waals surface area contributed by atoms with Crippen molar-refractivity contribution in [2.45, 2.75) is 51.6 Å². The van der Waals surface area contributed by atoms with Crippen molar-refractivity contribution in [2.24, 2.45) is 11.7 Å². The summed E-state index contributed by atoms with van der Waals surface area (Å²) >= 11 is 0. The van der Waals surface area contributed by atoms with Gasteiger partial charge in [0, 0.05) is 23.9 Å². The van der Waals surface area contributed by atoms with Crippen LogP contribution in [0.25, 0.3) is 10.9 Å². The van der Waals surface area contributed by atoms with Gasteiger partial charge in [-0.25, -0.2) is 0 Å². The Balaban J connectivity index is 1.83. The van der Waals surface area contributed by atoms with E-state index in [9.17, 15) is 4.79 Å². The van der Waals surface area contributed by atoms with E-state index in [0.29, 0.717) is 12.2 Å². The van der Waals surface area contributed by atoms with Gasteiger partial charge in [-0.3, -0.25) is 9.48 Å². The summed E-state index contributed by atoms with van der Waals surface area (Å²) in [5, 5.41) is 5.73. The number of rotatable bonds is 4. The molecule has 2 N–H and O–H groups in total. The van der Waals surface area contributed by atoms with Gasteiger partial charge < -0.3 is 5.73 Å². The molecule has 0 saturated heterocycles. The van der Waals surface area contributed by atoms with Crippen LogP contribution < -0.4 is 5.73 Å². The van der Waals surface area contributed by atoms with Gasteiger partial charge in [-0.2, -0.15) is 5.10 Å². The number of fused-ring (bicyclic) bond motifs is 1. The Morgan fingerprint density at radius 1 is 1.38 bits per heavy atom. The number of para-hydroxylation sites is 1. The quantitative estimate of drug-likeness (QED) is 0.939. The largest absolute Gasteiger partial charge is 0.328 e. The molecule has 0 aliphatic heterocycles. The summed E-state index contributed by atoms with van der Waals surface area (Å²) in [4.78, 5) is 12.5. The normalized spacial score (nSPS) is 22.6. The van der Waals surface area contributed by atoms with Gasteiger partial charge in [-0.15, -0.1) is 0 Å². The minimum absolute atomic E-state index is 0.124. The van der Waals surface area contributed by atoms with Crippen LogP contribution >= 0.6 is 0 Å². The van der Waals surface area contributed by atoms with Crippen LogP contribution in [-0.2, 0) is 17.8 Å². The van der Waals surface area contributed by atoms with E-state index < -0.39 is 0 Å². The molecule has 1 saturated carbocycles. The van der Waals surface area contributed by atoms with Crippen molar-refractivity contribution >= 4 is 16.7 Å². The molecule has 2 atom stereocenters.